The summed E-state index contributed by atoms with van der Waals surface area (Å²) in [4.78, 5) is 28.3. The van der Waals surface area contributed by atoms with Gasteiger partial charge in [0.05, 0.1) is 11.9 Å². The van der Waals surface area contributed by atoms with Gasteiger partial charge in [0.1, 0.15) is 0 Å². The first-order chi connectivity index (χ1) is 6.38. The van der Waals surface area contributed by atoms with Crippen LogP contribution >= 0.6 is 0 Å². The molecule has 1 rings (SSSR count). The Morgan fingerprint density at radius 3 is 2.71 bits per heavy atom. The fraction of sp³-hybridized carbons (Fsp3) is 0.571. The lowest BCUT2D eigenvalue weighted by atomic mass is 9.98. The fourth-order valence-electron chi connectivity index (χ4n) is 0.973. The molecule has 0 aliphatic carbocycles. The highest BCUT2D eigenvalue weighted by molar-refractivity contribution is 6.07. The highest BCUT2D eigenvalue weighted by atomic mass is 16.6. The van der Waals surface area contributed by atoms with Crippen LogP contribution in [0.1, 0.15) is 13.8 Å². The Kier molecular flexibility index (Phi) is 2.33. The van der Waals surface area contributed by atoms with Crippen molar-refractivity contribution < 1.29 is 9.72 Å². The van der Waals surface area contributed by atoms with Crippen molar-refractivity contribution in [3.63, 3.8) is 0 Å². The number of hydrogen-bond donors (Lipinski definition) is 1. The third-order valence-corrected chi connectivity index (χ3v) is 2.15. The minimum absolute atomic E-state index is 0.223. The van der Waals surface area contributed by atoms with E-state index in [4.69, 9.17) is 5.73 Å². The zero-order valence-corrected chi connectivity index (χ0v) is 7.80. The SMILES string of the molecule is CC1=NC(C(N)=O)N=CC1(C)[N+](=O)[O-]. The van der Waals surface area contributed by atoms with Gasteiger partial charge in [-0.2, -0.15) is 0 Å². The summed E-state index contributed by atoms with van der Waals surface area (Å²) in [6.07, 6.45) is 0.0770. The van der Waals surface area contributed by atoms with Crippen molar-refractivity contribution in [2.75, 3.05) is 0 Å². The van der Waals surface area contributed by atoms with Crippen LogP contribution in [-0.2, 0) is 4.79 Å². The summed E-state index contributed by atoms with van der Waals surface area (Å²) in [6, 6.07) is 0. The Hall–Kier alpha value is -1.79. The van der Waals surface area contributed by atoms with Gasteiger partial charge >= 0.3 is 0 Å². The molecule has 0 fully saturated rings. The lowest BCUT2D eigenvalue weighted by molar-refractivity contribution is -0.520. The van der Waals surface area contributed by atoms with Crippen molar-refractivity contribution in [3.8, 4) is 0 Å². The van der Waals surface area contributed by atoms with Crippen molar-refractivity contribution in [2.24, 2.45) is 15.7 Å². The summed E-state index contributed by atoms with van der Waals surface area (Å²) < 4.78 is 0. The molecule has 0 aromatic rings. The maximum Gasteiger partial charge on any atom is 0.290 e. The number of carbonyl (C=O) groups is 1. The number of nitro groups is 1. The standard InChI is InChI=1S/C7H10N4O3/c1-4-7(2,11(13)14)3-9-6(10-4)5(8)12/h3,6H,1-2H3,(H2,8,12). The number of aliphatic imine (C=N–C) groups is 2. The van der Waals surface area contributed by atoms with Crippen LogP contribution in [0.5, 0.6) is 0 Å². The van der Waals surface area contributed by atoms with Crippen molar-refractivity contribution in [1.82, 2.24) is 0 Å². The molecule has 2 N–H and O–H groups in total. The van der Waals surface area contributed by atoms with Crippen LogP contribution in [0, 0.1) is 10.1 Å². The first-order valence-corrected chi connectivity index (χ1v) is 3.91. The normalized spacial score (nSPS) is 31.0. The van der Waals surface area contributed by atoms with Crippen LogP contribution in [0.4, 0.5) is 0 Å². The topological polar surface area (TPSA) is 111 Å². The van der Waals surface area contributed by atoms with Crippen LogP contribution < -0.4 is 5.73 Å². The van der Waals surface area contributed by atoms with Gasteiger partial charge in [0.15, 0.2) is 0 Å². The van der Waals surface area contributed by atoms with Crippen LogP contribution in [-0.4, -0.2) is 34.5 Å². The lowest BCUT2D eigenvalue weighted by Gasteiger charge is -2.21. The van der Waals surface area contributed by atoms with Crippen molar-refractivity contribution in [1.29, 1.82) is 0 Å². The molecule has 2 atom stereocenters. The van der Waals surface area contributed by atoms with Crippen molar-refractivity contribution >= 4 is 17.8 Å². The molecule has 0 saturated carbocycles. The van der Waals surface area contributed by atoms with Gasteiger partial charge in [0.2, 0.25) is 6.17 Å². The molecular weight excluding hydrogens is 188 g/mol. The summed E-state index contributed by atoms with van der Waals surface area (Å²) in [5, 5.41) is 10.7. The number of nitrogens with two attached hydrogens (primary N) is 1. The number of carbonyl (C=O) groups excluding carboxylic acids is 1. The minimum atomic E-state index is -1.42. The molecule has 0 radical (unpaired) electrons. The van der Waals surface area contributed by atoms with Crippen LogP contribution in [0.25, 0.3) is 0 Å². The molecule has 0 bridgehead atoms. The molecule has 2 unspecified atom stereocenters. The number of primary amides is 1. The number of rotatable bonds is 2. The zero-order valence-electron chi connectivity index (χ0n) is 7.80. The maximum absolute atomic E-state index is 10.7. The Morgan fingerprint density at radius 2 is 2.36 bits per heavy atom. The van der Waals surface area contributed by atoms with Gasteiger partial charge in [0.25, 0.3) is 11.4 Å². The first-order valence-electron chi connectivity index (χ1n) is 3.91. The average Bonchev–Trinajstić information content (AvgIpc) is 2.09. The minimum Gasteiger partial charge on any atom is -0.366 e. The third kappa shape index (κ3) is 1.48. The van der Waals surface area contributed by atoms with E-state index in [2.05, 4.69) is 9.98 Å². The monoisotopic (exact) mass is 198 g/mol. The second-order valence-corrected chi connectivity index (χ2v) is 3.17. The van der Waals surface area contributed by atoms with Crippen LogP contribution in [0.3, 0.4) is 0 Å². The Bertz CT molecular complexity index is 349. The fourth-order valence-corrected chi connectivity index (χ4v) is 0.973. The van der Waals surface area contributed by atoms with E-state index in [0.717, 1.165) is 6.21 Å². The Labute approximate surface area is 79.9 Å². The molecule has 1 amide bonds. The van der Waals surface area contributed by atoms with E-state index in [1.165, 1.54) is 13.8 Å². The molecule has 76 valence electrons. The molecule has 7 nitrogen and oxygen atoms in total. The van der Waals surface area contributed by atoms with Gasteiger partial charge in [-0.05, 0) is 6.92 Å². The van der Waals surface area contributed by atoms with Crippen LogP contribution in [0.15, 0.2) is 9.98 Å². The third-order valence-electron chi connectivity index (χ3n) is 2.15. The van der Waals surface area contributed by atoms with E-state index in [1.807, 2.05) is 0 Å². The molecule has 0 spiro atoms. The first kappa shape index (κ1) is 10.3. The molecule has 0 saturated heterocycles. The van der Waals surface area contributed by atoms with E-state index in [0.29, 0.717) is 0 Å². The van der Waals surface area contributed by atoms with Gasteiger partial charge < -0.3 is 5.73 Å². The molecular formula is C7H10N4O3. The molecule has 1 heterocycles. The summed E-state index contributed by atoms with van der Waals surface area (Å²) in [7, 11) is 0. The average molecular weight is 198 g/mol. The summed E-state index contributed by atoms with van der Waals surface area (Å²) in [5.41, 5.74) is 3.76. The Balaban J connectivity index is 3.03. The van der Waals surface area contributed by atoms with Gasteiger partial charge in [-0.3, -0.25) is 19.9 Å². The van der Waals surface area contributed by atoms with E-state index < -0.39 is 22.5 Å². The molecule has 14 heavy (non-hydrogen) atoms. The molecule has 0 aromatic heterocycles. The zero-order chi connectivity index (χ0) is 10.9. The largest absolute Gasteiger partial charge is 0.366 e. The second-order valence-electron chi connectivity index (χ2n) is 3.17. The number of amides is 1. The molecule has 7 heteroatoms. The van der Waals surface area contributed by atoms with Gasteiger partial charge in [-0.25, -0.2) is 4.99 Å². The van der Waals surface area contributed by atoms with E-state index in [1.54, 1.807) is 0 Å². The van der Waals surface area contributed by atoms with E-state index >= 15 is 0 Å². The maximum atomic E-state index is 10.7. The smallest absolute Gasteiger partial charge is 0.290 e. The molecule has 1 aliphatic rings. The quantitative estimate of drug-likeness (QED) is 0.471. The van der Waals surface area contributed by atoms with Crippen LogP contribution in [0.2, 0.25) is 0 Å². The van der Waals surface area contributed by atoms with Gasteiger partial charge in [0, 0.05) is 11.8 Å². The summed E-state index contributed by atoms with van der Waals surface area (Å²) in [5.74, 6) is -0.717. The van der Waals surface area contributed by atoms with Gasteiger partial charge in [-0.1, -0.05) is 0 Å². The predicted octanol–water partition coefficient (Wildman–Crippen LogP) is -0.621. The van der Waals surface area contributed by atoms with E-state index in [-0.39, 0.29) is 5.71 Å². The summed E-state index contributed by atoms with van der Waals surface area (Å²) >= 11 is 0. The van der Waals surface area contributed by atoms with Gasteiger partial charge in [-0.15, -0.1) is 0 Å². The predicted molar refractivity (Wildman–Crippen MR) is 50.0 cm³/mol. The van der Waals surface area contributed by atoms with Crippen molar-refractivity contribution in [3.05, 3.63) is 10.1 Å². The lowest BCUT2D eigenvalue weighted by Crippen LogP contribution is -2.48. The highest BCUT2D eigenvalue weighted by Crippen LogP contribution is 2.15. The number of nitrogens with zero attached hydrogens (tertiary/aromatic N) is 3. The highest BCUT2D eigenvalue weighted by Gasteiger charge is 2.42. The summed E-state index contributed by atoms with van der Waals surface area (Å²) in [6.45, 7) is 2.84. The van der Waals surface area contributed by atoms with Crippen molar-refractivity contribution in [2.45, 2.75) is 25.6 Å². The second kappa shape index (κ2) is 3.17. The van der Waals surface area contributed by atoms with E-state index in [9.17, 15) is 14.9 Å². The number of hydrogen-bond acceptors (Lipinski definition) is 5. The molecule has 0 aromatic carbocycles. The Morgan fingerprint density at radius 1 is 1.79 bits per heavy atom. The molecule has 1 aliphatic heterocycles.